The molecule has 9 nitrogen and oxygen atoms in total. The second kappa shape index (κ2) is 9.35. The molecule has 0 N–H and O–H groups in total. The maximum Gasteiger partial charge on any atom is 0.340 e. The zero-order valence-electron chi connectivity index (χ0n) is 19.1. The molecule has 1 aromatic carbocycles. The van der Waals surface area contributed by atoms with E-state index in [1.54, 1.807) is 29.0 Å². The minimum Gasteiger partial charge on any atom is -0.465 e. The van der Waals surface area contributed by atoms with Crippen LogP contribution >= 0.6 is 11.3 Å². The van der Waals surface area contributed by atoms with Crippen LogP contribution in [-0.4, -0.2) is 33.2 Å². The van der Waals surface area contributed by atoms with Gasteiger partial charge < -0.3 is 14.0 Å². The van der Waals surface area contributed by atoms with E-state index in [1.165, 1.54) is 27.9 Å². The number of carbonyl (C=O) groups is 2. The van der Waals surface area contributed by atoms with Crippen molar-refractivity contribution in [2.45, 2.75) is 45.4 Å². The molecule has 0 spiro atoms. The Morgan fingerprint density at radius 2 is 2.03 bits per heavy atom. The number of hydrogen-bond acceptors (Lipinski definition) is 8. The van der Waals surface area contributed by atoms with E-state index in [9.17, 15) is 19.6 Å². The van der Waals surface area contributed by atoms with Crippen LogP contribution in [0, 0.1) is 11.3 Å². The van der Waals surface area contributed by atoms with Crippen molar-refractivity contribution in [2.75, 3.05) is 7.11 Å². The molecule has 10 heteroatoms. The number of carbonyl (C=O) groups excluding carboxylic acids is 2. The number of rotatable bonds is 6. The zero-order chi connectivity index (χ0) is 24.5. The van der Waals surface area contributed by atoms with Crippen LogP contribution in [0.25, 0.3) is 21.1 Å². The van der Waals surface area contributed by atoms with Crippen LogP contribution in [0.2, 0.25) is 0 Å². The summed E-state index contributed by atoms with van der Waals surface area (Å²) in [6, 6.07) is 9.20. The van der Waals surface area contributed by atoms with Crippen molar-refractivity contribution >= 4 is 44.4 Å². The van der Waals surface area contributed by atoms with Gasteiger partial charge in [0.1, 0.15) is 24.5 Å². The lowest BCUT2D eigenvalue weighted by Crippen LogP contribution is -2.26. The van der Waals surface area contributed by atoms with Gasteiger partial charge >= 0.3 is 11.9 Å². The summed E-state index contributed by atoms with van der Waals surface area (Å²) >= 11 is 1.50. The first kappa shape index (κ1) is 22.8. The highest BCUT2D eigenvalue weighted by Crippen LogP contribution is 2.33. The van der Waals surface area contributed by atoms with E-state index in [4.69, 9.17) is 9.47 Å². The zero-order valence-corrected chi connectivity index (χ0v) is 19.9. The van der Waals surface area contributed by atoms with Crippen molar-refractivity contribution < 1.29 is 19.1 Å². The molecule has 0 aliphatic heterocycles. The Balaban J connectivity index is 1.41. The second-order valence-corrected chi connectivity index (χ2v) is 9.39. The first-order chi connectivity index (χ1) is 17.0. The van der Waals surface area contributed by atoms with Crippen molar-refractivity contribution in [1.29, 1.82) is 5.26 Å². The number of para-hydroxylation sites is 1. The van der Waals surface area contributed by atoms with E-state index in [0.29, 0.717) is 26.7 Å². The third-order valence-corrected chi connectivity index (χ3v) is 7.42. The molecule has 35 heavy (non-hydrogen) atoms. The molecule has 3 heterocycles. The standard InChI is InChI=1S/C25H22N4O5S/c1-33-25(32)17-12-28(18-8-4-2-6-15(17)18)13-21(30)34-14-20-27-23-22(24(31)29(20)11-10-26)16-7-3-5-9-19(16)35-23/h2,4,6,8,12H,3,5,7,9,11,13-14H2,1H3. The van der Waals surface area contributed by atoms with Crippen LogP contribution in [0.5, 0.6) is 0 Å². The fraction of sp³-hybridized carbons (Fsp3) is 0.320. The quantitative estimate of drug-likeness (QED) is 0.381. The van der Waals surface area contributed by atoms with Crippen LogP contribution < -0.4 is 5.56 Å². The molecule has 0 saturated heterocycles. The molecular formula is C25H22N4O5S. The Kier molecular flexibility index (Phi) is 6.09. The molecule has 0 radical (unpaired) electrons. The van der Waals surface area contributed by atoms with Gasteiger partial charge in [0, 0.05) is 22.0 Å². The predicted octanol–water partition coefficient (Wildman–Crippen LogP) is 3.35. The lowest BCUT2D eigenvalue weighted by atomic mass is 9.97. The Bertz CT molecular complexity index is 1570. The van der Waals surface area contributed by atoms with E-state index < -0.39 is 11.9 Å². The topological polar surface area (TPSA) is 116 Å². The molecule has 0 atom stereocenters. The number of nitrogens with zero attached hydrogens (tertiary/aromatic N) is 4. The van der Waals surface area contributed by atoms with Gasteiger partial charge in [-0.05, 0) is 37.3 Å². The van der Waals surface area contributed by atoms with Crippen molar-refractivity contribution in [2.24, 2.45) is 0 Å². The number of ether oxygens (including phenoxy) is 2. The lowest BCUT2D eigenvalue weighted by molar-refractivity contribution is -0.145. The van der Waals surface area contributed by atoms with Crippen LogP contribution in [-0.2, 0) is 46.8 Å². The van der Waals surface area contributed by atoms with Crippen molar-refractivity contribution in [1.82, 2.24) is 14.1 Å². The third-order valence-electron chi connectivity index (χ3n) is 6.24. The fourth-order valence-electron chi connectivity index (χ4n) is 4.60. The summed E-state index contributed by atoms with van der Waals surface area (Å²) < 4.78 is 13.2. The number of hydrogen-bond donors (Lipinski definition) is 0. The number of esters is 2. The van der Waals surface area contributed by atoms with E-state index in [2.05, 4.69) is 4.98 Å². The largest absolute Gasteiger partial charge is 0.465 e. The minimum absolute atomic E-state index is 0.143. The SMILES string of the molecule is COC(=O)c1cn(CC(=O)OCc2nc3sc4c(c3c(=O)n2CC#N)CCCC4)c2ccccc12. The number of nitriles is 1. The fourth-order valence-corrected chi connectivity index (χ4v) is 5.88. The average Bonchev–Trinajstić information content (AvgIpc) is 3.43. The van der Waals surface area contributed by atoms with Crippen LogP contribution in [0.4, 0.5) is 0 Å². The molecular weight excluding hydrogens is 468 g/mol. The number of benzene rings is 1. The van der Waals surface area contributed by atoms with Crippen molar-refractivity contribution in [3.05, 3.63) is 62.6 Å². The van der Waals surface area contributed by atoms with E-state index in [1.807, 2.05) is 12.1 Å². The van der Waals surface area contributed by atoms with Crippen LogP contribution in [0.3, 0.4) is 0 Å². The summed E-state index contributed by atoms with van der Waals surface area (Å²) in [4.78, 5) is 44.5. The Labute approximate surface area is 204 Å². The van der Waals surface area contributed by atoms with Crippen LogP contribution in [0.1, 0.15) is 39.5 Å². The third kappa shape index (κ3) is 4.08. The van der Waals surface area contributed by atoms with Gasteiger partial charge in [0.05, 0.1) is 24.1 Å². The van der Waals surface area contributed by atoms with Gasteiger partial charge in [0.15, 0.2) is 5.82 Å². The highest BCUT2D eigenvalue weighted by atomic mass is 32.1. The molecule has 0 unspecified atom stereocenters. The molecule has 0 saturated carbocycles. The number of aromatic nitrogens is 3. The Morgan fingerprint density at radius 1 is 1.23 bits per heavy atom. The second-order valence-electron chi connectivity index (χ2n) is 8.31. The van der Waals surface area contributed by atoms with Gasteiger partial charge in [-0.15, -0.1) is 11.3 Å². The van der Waals surface area contributed by atoms with Gasteiger partial charge in [-0.25, -0.2) is 9.78 Å². The summed E-state index contributed by atoms with van der Waals surface area (Å²) in [5, 5.41) is 10.5. The smallest absolute Gasteiger partial charge is 0.340 e. The number of fused-ring (bicyclic) bond motifs is 4. The van der Waals surface area contributed by atoms with Crippen molar-refractivity contribution in [3.63, 3.8) is 0 Å². The van der Waals surface area contributed by atoms with E-state index in [0.717, 1.165) is 31.2 Å². The molecule has 0 bridgehead atoms. The van der Waals surface area contributed by atoms with Gasteiger partial charge in [0.25, 0.3) is 5.56 Å². The molecule has 5 rings (SSSR count). The number of thiophene rings is 1. The molecule has 3 aromatic heterocycles. The summed E-state index contributed by atoms with van der Waals surface area (Å²) in [6.45, 7) is -0.559. The van der Waals surface area contributed by atoms with Gasteiger partial charge in [-0.3, -0.25) is 14.2 Å². The molecule has 178 valence electrons. The average molecular weight is 491 g/mol. The monoisotopic (exact) mass is 490 g/mol. The molecule has 1 aliphatic carbocycles. The first-order valence-corrected chi connectivity index (χ1v) is 12.1. The molecule has 0 amide bonds. The summed E-state index contributed by atoms with van der Waals surface area (Å²) in [7, 11) is 1.30. The highest BCUT2D eigenvalue weighted by molar-refractivity contribution is 7.18. The van der Waals surface area contributed by atoms with Gasteiger partial charge in [0.2, 0.25) is 0 Å². The lowest BCUT2D eigenvalue weighted by Gasteiger charge is -2.12. The van der Waals surface area contributed by atoms with E-state index >= 15 is 0 Å². The summed E-state index contributed by atoms with van der Waals surface area (Å²) in [5.74, 6) is -0.820. The normalized spacial score (nSPS) is 12.9. The minimum atomic E-state index is -0.564. The maximum atomic E-state index is 13.2. The van der Waals surface area contributed by atoms with Gasteiger partial charge in [-0.1, -0.05) is 18.2 Å². The van der Waals surface area contributed by atoms with Crippen LogP contribution in [0.15, 0.2) is 35.3 Å². The summed E-state index contributed by atoms with van der Waals surface area (Å²) in [5.41, 5.74) is 1.83. The Morgan fingerprint density at radius 3 is 2.83 bits per heavy atom. The number of methoxy groups -OCH3 is 1. The molecule has 4 aromatic rings. The maximum absolute atomic E-state index is 13.2. The van der Waals surface area contributed by atoms with E-state index in [-0.39, 0.29) is 31.1 Å². The molecule has 0 fully saturated rings. The predicted molar refractivity (Wildman–Crippen MR) is 129 cm³/mol. The van der Waals surface area contributed by atoms with Crippen molar-refractivity contribution in [3.8, 4) is 6.07 Å². The first-order valence-electron chi connectivity index (χ1n) is 11.2. The Hall–Kier alpha value is -3.97. The number of aryl methyl sites for hydroxylation is 2. The molecule has 1 aliphatic rings. The summed E-state index contributed by atoms with van der Waals surface area (Å²) in [6.07, 6.45) is 5.44. The van der Waals surface area contributed by atoms with Gasteiger partial charge in [-0.2, -0.15) is 5.26 Å². The highest BCUT2D eigenvalue weighted by Gasteiger charge is 2.23.